The molecule has 0 unspecified atom stereocenters. The highest BCUT2D eigenvalue weighted by Crippen LogP contribution is 2.14. The first-order chi connectivity index (χ1) is 9.16. The lowest BCUT2D eigenvalue weighted by Gasteiger charge is -2.04. The van der Waals surface area contributed by atoms with Crippen LogP contribution in [0.5, 0.6) is 0 Å². The van der Waals surface area contributed by atoms with Crippen molar-refractivity contribution in [2.24, 2.45) is 0 Å². The maximum atomic E-state index is 11.8. The average Bonchev–Trinajstić information content (AvgIpc) is 2.81. The van der Waals surface area contributed by atoms with Crippen LogP contribution in [0.3, 0.4) is 0 Å². The van der Waals surface area contributed by atoms with Crippen LogP contribution in [-0.2, 0) is 4.74 Å². The quantitative estimate of drug-likeness (QED) is 0.789. The highest BCUT2D eigenvalue weighted by molar-refractivity contribution is 5.97. The first kappa shape index (κ1) is 13.5. The van der Waals surface area contributed by atoms with Crippen molar-refractivity contribution in [2.75, 3.05) is 19.8 Å². The van der Waals surface area contributed by atoms with Crippen LogP contribution < -0.4 is 5.32 Å². The van der Waals surface area contributed by atoms with Gasteiger partial charge >= 0.3 is 0 Å². The number of para-hydroxylation sites is 1. The summed E-state index contributed by atoms with van der Waals surface area (Å²) >= 11 is 0. The van der Waals surface area contributed by atoms with Crippen LogP contribution in [0, 0.1) is 0 Å². The molecule has 0 fully saturated rings. The Morgan fingerprint density at radius 3 is 2.89 bits per heavy atom. The van der Waals surface area contributed by atoms with E-state index in [1.807, 2.05) is 24.3 Å². The van der Waals surface area contributed by atoms with Crippen molar-refractivity contribution < 1.29 is 18.3 Å². The van der Waals surface area contributed by atoms with Crippen molar-refractivity contribution >= 4 is 16.8 Å². The van der Waals surface area contributed by atoms with Gasteiger partial charge in [0.25, 0.3) is 12.3 Å². The van der Waals surface area contributed by atoms with Crippen molar-refractivity contribution in [1.29, 1.82) is 0 Å². The Kier molecular flexibility index (Phi) is 4.46. The average molecular weight is 268 g/mol. The molecular formula is C13H14F2N2O2. The van der Waals surface area contributed by atoms with E-state index in [0.717, 1.165) is 10.9 Å². The molecule has 4 nitrogen and oxygen atoms in total. The number of alkyl halides is 2. The second-order valence-corrected chi connectivity index (χ2v) is 3.99. The molecule has 0 radical (unpaired) electrons. The number of nitrogens with one attached hydrogen (secondary N) is 2. The summed E-state index contributed by atoms with van der Waals surface area (Å²) in [6.45, 7) is -0.348. The summed E-state index contributed by atoms with van der Waals surface area (Å²) in [6.07, 6.45) is -2.48. The zero-order valence-corrected chi connectivity index (χ0v) is 10.2. The molecule has 2 N–H and O–H groups in total. The second kappa shape index (κ2) is 6.29. The molecule has 2 rings (SSSR count). The second-order valence-electron chi connectivity index (χ2n) is 3.99. The highest BCUT2D eigenvalue weighted by atomic mass is 19.3. The Morgan fingerprint density at radius 1 is 1.37 bits per heavy atom. The number of rotatable bonds is 6. The van der Waals surface area contributed by atoms with Crippen molar-refractivity contribution in [3.63, 3.8) is 0 Å². The van der Waals surface area contributed by atoms with Gasteiger partial charge in [-0.15, -0.1) is 0 Å². The summed E-state index contributed by atoms with van der Waals surface area (Å²) in [4.78, 5) is 14.7. The zero-order valence-electron chi connectivity index (χ0n) is 10.2. The van der Waals surface area contributed by atoms with Gasteiger partial charge in [0.2, 0.25) is 0 Å². The lowest BCUT2D eigenvalue weighted by Crippen LogP contribution is -2.28. The lowest BCUT2D eigenvalue weighted by molar-refractivity contribution is 0.0188. The molecule has 0 atom stereocenters. The van der Waals surface area contributed by atoms with E-state index in [0.29, 0.717) is 5.69 Å². The SMILES string of the molecule is O=C(NCCOCC(F)F)c1cc2ccccc2[nH]1. The largest absolute Gasteiger partial charge is 0.374 e. The van der Waals surface area contributed by atoms with Crippen molar-refractivity contribution in [1.82, 2.24) is 10.3 Å². The van der Waals surface area contributed by atoms with Gasteiger partial charge in [-0.1, -0.05) is 18.2 Å². The van der Waals surface area contributed by atoms with Gasteiger partial charge in [-0.05, 0) is 12.1 Å². The van der Waals surface area contributed by atoms with Crippen molar-refractivity contribution in [3.8, 4) is 0 Å². The minimum absolute atomic E-state index is 0.0658. The fraction of sp³-hybridized carbons (Fsp3) is 0.308. The summed E-state index contributed by atoms with van der Waals surface area (Å²) in [5, 5.41) is 3.54. The number of hydrogen-bond donors (Lipinski definition) is 2. The van der Waals surface area contributed by atoms with E-state index in [-0.39, 0.29) is 19.1 Å². The maximum absolute atomic E-state index is 11.8. The molecule has 0 saturated heterocycles. The molecule has 0 spiro atoms. The summed E-state index contributed by atoms with van der Waals surface area (Å²) in [6, 6.07) is 9.27. The fourth-order valence-electron chi connectivity index (χ4n) is 1.70. The van der Waals surface area contributed by atoms with Gasteiger partial charge in [0.1, 0.15) is 12.3 Å². The van der Waals surface area contributed by atoms with Gasteiger partial charge in [0.15, 0.2) is 0 Å². The van der Waals surface area contributed by atoms with Crippen LogP contribution in [0.15, 0.2) is 30.3 Å². The number of H-pyrrole nitrogens is 1. The third-order valence-electron chi connectivity index (χ3n) is 2.55. The van der Waals surface area contributed by atoms with Crippen molar-refractivity contribution in [3.05, 3.63) is 36.0 Å². The predicted octanol–water partition coefficient (Wildman–Crippen LogP) is 2.18. The zero-order chi connectivity index (χ0) is 13.7. The summed E-state index contributed by atoms with van der Waals surface area (Å²) in [7, 11) is 0. The molecule has 1 aromatic carbocycles. The number of fused-ring (bicyclic) bond motifs is 1. The Labute approximate surface area is 108 Å². The number of aromatic amines is 1. The van der Waals surface area contributed by atoms with Crippen LogP contribution in [0.2, 0.25) is 0 Å². The van der Waals surface area contributed by atoms with E-state index >= 15 is 0 Å². The minimum Gasteiger partial charge on any atom is -0.374 e. The summed E-state index contributed by atoms with van der Waals surface area (Å²) < 4.78 is 28.2. The molecule has 2 aromatic rings. The Bertz CT molecular complexity index is 521. The topological polar surface area (TPSA) is 54.1 Å². The molecule has 0 aliphatic carbocycles. The molecule has 6 heteroatoms. The number of halogens is 2. The van der Waals surface area contributed by atoms with Gasteiger partial charge in [0, 0.05) is 17.4 Å². The molecule has 1 heterocycles. The molecule has 102 valence electrons. The normalized spacial score (nSPS) is 11.1. The molecule has 19 heavy (non-hydrogen) atoms. The molecule has 1 amide bonds. The van der Waals surface area contributed by atoms with Crippen LogP contribution in [0.1, 0.15) is 10.5 Å². The van der Waals surface area contributed by atoms with Gasteiger partial charge in [-0.2, -0.15) is 0 Å². The smallest absolute Gasteiger partial charge is 0.267 e. The molecule has 0 bridgehead atoms. The van der Waals surface area contributed by atoms with Crippen LogP contribution >= 0.6 is 0 Å². The Balaban J connectivity index is 1.83. The Hall–Kier alpha value is -1.95. The number of hydrogen-bond acceptors (Lipinski definition) is 2. The van der Waals surface area contributed by atoms with Crippen LogP contribution in [0.25, 0.3) is 10.9 Å². The van der Waals surface area contributed by atoms with E-state index in [1.165, 1.54) is 0 Å². The van der Waals surface area contributed by atoms with Crippen molar-refractivity contribution in [2.45, 2.75) is 6.43 Å². The fourth-order valence-corrected chi connectivity index (χ4v) is 1.70. The third kappa shape index (κ3) is 3.75. The van der Waals surface area contributed by atoms with Gasteiger partial charge < -0.3 is 15.0 Å². The minimum atomic E-state index is -2.48. The number of carbonyl (C=O) groups excluding carboxylic acids is 1. The number of ether oxygens (including phenoxy) is 1. The number of benzene rings is 1. The maximum Gasteiger partial charge on any atom is 0.267 e. The molecule has 0 aliphatic heterocycles. The first-order valence-corrected chi connectivity index (χ1v) is 5.88. The molecular weight excluding hydrogens is 254 g/mol. The predicted molar refractivity (Wildman–Crippen MR) is 67.5 cm³/mol. The monoisotopic (exact) mass is 268 g/mol. The van der Waals surface area contributed by atoms with E-state index in [1.54, 1.807) is 6.07 Å². The van der Waals surface area contributed by atoms with E-state index in [4.69, 9.17) is 0 Å². The van der Waals surface area contributed by atoms with E-state index in [2.05, 4.69) is 15.0 Å². The van der Waals surface area contributed by atoms with Gasteiger partial charge in [-0.3, -0.25) is 4.79 Å². The first-order valence-electron chi connectivity index (χ1n) is 5.88. The number of amides is 1. The van der Waals surface area contributed by atoms with Gasteiger partial charge in [-0.25, -0.2) is 8.78 Å². The Morgan fingerprint density at radius 2 is 2.16 bits per heavy atom. The van der Waals surface area contributed by atoms with E-state index in [9.17, 15) is 13.6 Å². The van der Waals surface area contributed by atoms with Crippen LogP contribution in [0.4, 0.5) is 8.78 Å². The summed E-state index contributed by atoms with van der Waals surface area (Å²) in [5.74, 6) is -0.281. The lowest BCUT2D eigenvalue weighted by atomic mass is 10.2. The molecule has 1 aromatic heterocycles. The number of carbonyl (C=O) groups is 1. The van der Waals surface area contributed by atoms with Gasteiger partial charge in [0.05, 0.1) is 6.61 Å². The molecule has 0 aliphatic rings. The van der Waals surface area contributed by atoms with E-state index < -0.39 is 13.0 Å². The van der Waals surface area contributed by atoms with Crippen LogP contribution in [-0.4, -0.2) is 37.1 Å². The number of aromatic nitrogens is 1. The third-order valence-corrected chi connectivity index (χ3v) is 2.55. The molecule has 0 saturated carbocycles. The summed E-state index contributed by atoms with van der Waals surface area (Å²) in [5.41, 5.74) is 1.32. The highest BCUT2D eigenvalue weighted by Gasteiger charge is 2.08. The standard InChI is InChI=1S/C13H14F2N2O2/c14-12(15)8-19-6-5-16-13(18)11-7-9-3-1-2-4-10(9)17-11/h1-4,7,12,17H,5-6,8H2,(H,16,18).